The molecule has 0 aliphatic carbocycles. The van der Waals surface area contributed by atoms with Gasteiger partial charge in [0.2, 0.25) is 0 Å². The number of aryl methyl sites for hydroxylation is 1. The van der Waals surface area contributed by atoms with E-state index >= 15 is 0 Å². The molecule has 0 spiro atoms. The van der Waals surface area contributed by atoms with Crippen molar-refractivity contribution in [3.8, 4) is 50.8 Å². The fraction of sp³-hybridized carbons (Fsp3) is 0.0149. The van der Waals surface area contributed by atoms with Crippen LogP contribution in [0.2, 0.25) is 0 Å². The van der Waals surface area contributed by atoms with Crippen LogP contribution in [0.5, 0.6) is 11.5 Å². The average molecular weight is 922 g/mol. The summed E-state index contributed by atoms with van der Waals surface area (Å²) in [5, 5.41) is 9.80. The summed E-state index contributed by atoms with van der Waals surface area (Å²) in [4.78, 5) is 0. The van der Waals surface area contributed by atoms with Crippen molar-refractivity contribution < 1.29 is 9.15 Å². The van der Waals surface area contributed by atoms with Gasteiger partial charge in [0, 0.05) is 54.5 Å². The highest BCUT2D eigenvalue weighted by Gasteiger charge is 2.25. The zero-order valence-corrected chi connectivity index (χ0v) is 39.3. The predicted molar refractivity (Wildman–Crippen MR) is 299 cm³/mol. The molecule has 0 unspecified atom stereocenters. The summed E-state index contributed by atoms with van der Waals surface area (Å²) in [5.41, 5.74) is 18.4. The van der Waals surface area contributed by atoms with Gasteiger partial charge in [0.1, 0.15) is 11.2 Å². The second kappa shape index (κ2) is 15.7. The number of benzene rings is 11. The molecule has 1 aliphatic heterocycles. The average Bonchev–Trinajstić information content (AvgIpc) is 4.18. The van der Waals surface area contributed by atoms with Crippen LogP contribution in [0.15, 0.2) is 247 Å². The molecule has 0 fully saturated rings. The lowest BCUT2D eigenvalue weighted by molar-refractivity contribution is 0.476. The van der Waals surface area contributed by atoms with Crippen molar-refractivity contribution in [2.75, 3.05) is 0 Å². The van der Waals surface area contributed by atoms with Gasteiger partial charge in [-0.25, -0.2) is 0 Å². The maximum atomic E-state index is 6.50. The molecule has 0 N–H and O–H groups in total. The number of hydrogen-bond donors (Lipinski definition) is 0. The molecule has 72 heavy (non-hydrogen) atoms. The van der Waals surface area contributed by atoms with Gasteiger partial charge in [0.05, 0.1) is 38.8 Å². The summed E-state index contributed by atoms with van der Waals surface area (Å²) in [6.45, 7) is 2.12. The molecular weight excluding hydrogens is 879 g/mol. The Hall–Kier alpha value is -9.58. The molecule has 5 heterocycles. The van der Waals surface area contributed by atoms with E-state index in [1.54, 1.807) is 0 Å². The Morgan fingerprint density at radius 2 is 0.847 bits per heavy atom. The summed E-state index contributed by atoms with van der Waals surface area (Å²) >= 11 is 0. The molecule has 15 aromatic rings. The van der Waals surface area contributed by atoms with E-state index in [0.29, 0.717) is 0 Å². The summed E-state index contributed by atoms with van der Waals surface area (Å²) in [6.07, 6.45) is 0. The summed E-state index contributed by atoms with van der Waals surface area (Å²) in [7, 11) is 0. The minimum Gasteiger partial charge on any atom is -0.456 e. The summed E-state index contributed by atoms with van der Waals surface area (Å²) < 4.78 is 19.8. The van der Waals surface area contributed by atoms with E-state index in [-0.39, 0.29) is 0 Å². The van der Waals surface area contributed by atoms with Crippen molar-refractivity contribution in [3.05, 3.63) is 248 Å². The first-order valence-corrected chi connectivity index (χ1v) is 24.6. The molecule has 338 valence electrons. The minimum absolute atomic E-state index is 0.873. The molecule has 11 aromatic carbocycles. The number of ether oxygens (including phenoxy) is 1. The quantitative estimate of drug-likeness (QED) is 0.176. The fourth-order valence-corrected chi connectivity index (χ4v) is 11.6. The molecular formula is C67H43N3O2. The molecule has 4 aromatic heterocycles. The lowest BCUT2D eigenvalue weighted by Gasteiger charge is -2.21. The number of fused-ring (bicyclic) bond motifs is 14. The highest BCUT2D eigenvalue weighted by Crippen LogP contribution is 2.48. The van der Waals surface area contributed by atoms with Gasteiger partial charge in [0.25, 0.3) is 0 Å². The first-order valence-electron chi connectivity index (χ1n) is 24.6. The maximum absolute atomic E-state index is 6.50. The van der Waals surface area contributed by atoms with Crippen molar-refractivity contribution in [1.82, 2.24) is 13.7 Å². The zero-order chi connectivity index (χ0) is 47.4. The molecule has 0 atom stereocenters. The highest BCUT2D eigenvalue weighted by molar-refractivity contribution is 6.17. The largest absolute Gasteiger partial charge is 0.456 e. The molecule has 5 nitrogen and oxygen atoms in total. The number of aromatic nitrogens is 3. The van der Waals surface area contributed by atoms with Crippen LogP contribution in [0.25, 0.3) is 127 Å². The Labute approximate surface area is 414 Å². The maximum Gasteiger partial charge on any atom is 0.152 e. The van der Waals surface area contributed by atoms with Gasteiger partial charge in [-0.2, -0.15) is 0 Å². The second-order valence-corrected chi connectivity index (χ2v) is 18.9. The van der Waals surface area contributed by atoms with E-state index in [2.05, 4.69) is 251 Å². The number of para-hydroxylation sites is 7. The fourth-order valence-electron chi connectivity index (χ4n) is 11.6. The Morgan fingerprint density at radius 3 is 1.49 bits per heavy atom. The number of nitrogens with zero attached hydrogens (tertiary/aromatic N) is 3. The Kier molecular flexibility index (Phi) is 8.80. The van der Waals surface area contributed by atoms with E-state index in [1.807, 2.05) is 12.1 Å². The normalized spacial score (nSPS) is 12.1. The molecule has 0 amide bonds. The lowest BCUT2D eigenvalue weighted by Crippen LogP contribution is -2.03. The van der Waals surface area contributed by atoms with Crippen LogP contribution in [0.1, 0.15) is 5.56 Å². The van der Waals surface area contributed by atoms with Crippen LogP contribution in [0, 0.1) is 6.92 Å². The van der Waals surface area contributed by atoms with Crippen LogP contribution >= 0.6 is 0 Å². The monoisotopic (exact) mass is 921 g/mol. The molecule has 1 aliphatic rings. The van der Waals surface area contributed by atoms with Crippen LogP contribution in [-0.2, 0) is 0 Å². The van der Waals surface area contributed by atoms with Crippen LogP contribution in [-0.4, -0.2) is 13.7 Å². The van der Waals surface area contributed by atoms with Gasteiger partial charge in [-0.3, -0.25) is 0 Å². The van der Waals surface area contributed by atoms with Gasteiger partial charge in [-0.15, -0.1) is 0 Å². The second-order valence-electron chi connectivity index (χ2n) is 18.9. The first-order chi connectivity index (χ1) is 35.6. The molecule has 0 saturated carbocycles. The predicted octanol–water partition coefficient (Wildman–Crippen LogP) is 18.3. The SMILES string of the molecule is Cc1ccc2oc3cccc(-c4cc5c6c(c4)c4ccccc4n6-c4ccccc4O5)c3c2c1.c1ccc(-n2c3ccccc3c3cc(-c4ccc5c(c4)c4ccccc4n5-c4ccccc4)ccc32)cc1. The molecule has 5 heteroatoms. The van der Waals surface area contributed by atoms with E-state index < -0.39 is 0 Å². The third kappa shape index (κ3) is 6.07. The van der Waals surface area contributed by atoms with Gasteiger partial charge in [-0.05, 0) is 138 Å². The Morgan fingerprint density at radius 1 is 0.319 bits per heavy atom. The van der Waals surface area contributed by atoms with E-state index in [0.717, 1.165) is 55.8 Å². The Bertz CT molecular complexity index is 4510. The van der Waals surface area contributed by atoms with E-state index in [9.17, 15) is 0 Å². The van der Waals surface area contributed by atoms with Gasteiger partial charge in [-0.1, -0.05) is 139 Å². The van der Waals surface area contributed by atoms with Crippen LogP contribution < -0.4 is 4.74 Å². The number of furan rings is 1. The van der Waals surface area contributed by atoms with Gasteiger partial charge >= 0.3 is 0 Å². The third-order valence-corrected chi connectivity index (χ3v) is 14.7. The minimum atomic E-state index is 0.873. The summed E-state index contributed by atoms with van der Waals surface area (Å²) in [5.74, 6) is 1.75. The Balaban J connectivity index is 0.000000129. The van der Waals surface area contributed by atoms with Crippen molar-refractivity contribution in [2.24, 2.45) is 0 Å². The zero-order valence-electron chi connectivity index (χ0n) is 39.3. The van der Waals surface area contributed by atoms with Crippen LogP contribution in [0.4, 0.5) is 0 Å². The molecule has 16 rings (SSSR count). The molecule has 0 bridgehead atoms. The number of hydrogen-bond acceptors (Lipinski definition) is 2. The molecule has 0 saturated heterocycles. The van der Waals surface area contributed by atoms with E-state index in [4.69, 9.17) is 9.15 Å². The lowest BCUT2D eigenvalue weighted by atomic mass is 9.97. The highest BCUT2D eigenvalue weighted by atomic mass is 16.5. The first kappa shape index (κ1) is 40.3. The van der Waals surface area contributed by atoms with Crippen molar-refractivity contribution in [1.29, 1.82) is 0 Å². The number of rotatable bonds is 4. The van der Waals surface area contributed by atoms with Gasteiger partial charge < -0.3 is 22.9 Å². The smallest absolute Gasteiger partial charge is 0.152 e. The van der Waals surface area contributed by atoms with E-state index in [1.165, 1.54) is 88.0 Å². The standard InChI is InChI=1S/C36H24N2.C31H19NO2/c1-3-11-27(12-4-1)37-33-17-9-7-15-29(33)31-23-25(19-21-35(31)37)26-20-22-36-32(24-26)30-16-8-10-18-34(30)38(36)28-13-5-2-6-14-28;1-18-13-14-26-23(15-18)30-20(8-6-12-28(30)33-26)19-16-22-21-7-2-3-9-24(21)32-25-10-4-5-11-27(25)34-29(17-19)31(22)32/h1-24H;2-17H,1H3. The van der Waals surface area contributed by atoms with Crippen molar-refractivity contribution >= 4 is 87.4 Å². The van der Waals surface area contributed by atoms with Gasteiger partial charge in [0.15, 0.2) is 11.5 Å². The van der Waals surface area contributed by atoms with Crippen LogP contribution in [0.3, 0.4) is 0 Å². The third-order valence-electron chi connectivity index (χ3n) is 14.7. The topological polar surface area (TPSA) is 37.2 Å². The van der Waals surface area contributed by atoms with Crippen molar-refractivity contribution in [2.45, 2.75) is 6.92 Å². The summed E-state index contributed by atoms with van der Waals surface area (Å²) in [6, 6.07) is 86.5. The van der Waals surface area contributed by atoms with Crippen molar-refractivity contribution in [3.63, 3.8) is 0 Å². The molecule has 0 radical (unpaired) electrons.